The average Bonchev–Trinajstić information content (AvgIpc) is 3.07. The normalized spacial score (nSPS) is 11.4. The summed E-state index contributed by atoms with van der Waals surface area (Å²) in [5.41, 5.74) is 1.45. The molecule has 0 aliphatic rings. The van der Waals surface area contributed by atoms with Gasteiger partial charge in [-0.1, -0.05) is 44.9 Å². The van der Waals surface area contributed by atoms with Crippen LogP contribution in [0.4, 0.5) is 5.69 Å². The second kappa shape index (κ2) is 10.2. The second-order valence-electron chi connectivity index (χ2n) is 8.48. The van der Waals surface area contributed by atoms with Crippen molar-refractivity contribution in [1.82, 2.24) is 19.1 Å². The van der Waals surface area contributed by atoms with Gasteiger partial charge in [0.2, 0.25) is 5.91 Å². The Bertz CT molecular complexity index is 1240. The Morgan fingerprint density at radius 1 is 1.25 bits per heavy atom. The summed E-state index contributed by atoms with van der Waals surface area (Å²) in [4.78, 5) is 44.8. The molecule has 2 aromatic heterocycles. The molecule has 32 heavy (non-hydrogen) atoms. The third-order valence-electron chi connectivity index (χ3n) is 5.30. The molecule has 0 unspecified atom stereocenters. The first kappa shape index (κ1) is 23.8. The highest BCUT2D eigenvalue weighted by Crippen LogP contribution is 2.21. The third kappa shape index (κ3) is 5.30. The van der Waals surface area contributed by atoms with Crippen LogP contribution in [0.3, 0.4) is 0 Å². The Labute approximate surface area is 191 Å². The number of amides is 1. The van der Waals surface area contributed by atoms with Gasteiger partial charge in [-0.3, -0.25) is 19.1 Å². The number of aromatic amines is 1. The molecule has 9 heteroatoms. The number of nitrogens with zero attached hydrogens (tertiary/aromatic N) is 3. The molecule has 3 aromatic rings. The molecule has 0 saturated heterocycles. The Balaban J connectivity index is 1.93. The van der Waals surface area contributed by atoms with E-state index in [9.17, 15) is 14.4 Å². The lowest BCUT2D eigenvalue weighted by Crippen LogP contribution is -2.31. The standard InChI is InChI=1S/C23H30ClN5O3/c1-5-6-11-28-21-20(22(31)27-23(28)32)29(13-14(2)3)18(26-21)9-10-19(30)25-17-12-16(24)8-7-15(17)4/h7-8,12,14H,5-6,9-11,13H2,1-4H3,(H,25,30)(H,27,31,32). The van der Waals surface area contributed by atoms with Crippen molar-refractivity contribution in [2.24, 2.45) is 5.92 Å². The van der Waals surface area contributed by atoms with Gasteiger partial charge in [0.05, 0.1) is 0 Å². The Morgan fingerprint density at radius 3 is 2.69 bits per heavy atom. The van der Waals surface area contributed by atoms with E-state index in [4.69, 9.17) is 11.6 Å². The molecule has 1 aromatic carbocycles. The largest absolute Gasteiger partial charge is 0.330 e. The van der Waals surface area contributed by atoms with Gasteiger partial charge in [0.25, 0.3) is 5.56 Å². The summed E-state index contributed by atoms with van der Waals surface area (Å²) in [6, 6.07) is 5.34. The molecule has 3 rings (SSSR count). The number of hydrogen-bond acceptors (Lipinski definition) is 4. The number of carbonyl (C=O) groups excluding carboxylic acids is 1. The van der Waals surface area contributed by atoms with E-state index < -0.39 is 11.2 Å². The van der Waals surface area contributed by atoms with Crippen molar-refractivity contribution in [3.63, 3.8) is 0 Å². The summed E-state index contributed by atoms with van der Waals surface area (Å²) in [6.45, 7) is 9.08. The highest BCUT2D eigenvalue weighted by Gasteiger charge is 2.20. The minimum Gasteiger partial charge on any atom is -0.326 e. The maximum atomic E-state index is 12.7. The van der Waals surface area contributed by atoms with Gasteiger partial charge >= 0.3 is 5.69 Å². The van der Waals surface area contributed by atoms with Crippen LogP contribution in [0.2, 0.25) is 5.02 Å². The van der Waals surface area contributed by atoms with Crippen LogP contribution in [-0.2, 0) is 24.3 Å². The number of benzene rings is 1. The van der Waals surface area contributed by atoms with Crippen molar-refractivity contribution in [3.05, 3.63) is 55.4 Å². The molecule has 0 bridgehead atoms. The molecule has 2 N–H and O–H groups in total. The monoisotopic (exact) mass is 459 g/mol. The molecule has 0 saturated carbocycles. The van der Waals surface area contributed by atoms with Crippen molar-refractivity contribution >= 4 is 34.4 Å². The first-order valence-electron chi connectivity index (χ1n) is 11.0. The molecule has 0 aliphatic heterocycles. The van der Waals surface area contributed by atoms with Crippen LogP contribution in [0.5, 0.6) is 0 Å². The first-order chi connectivity index (χ1) is 15.2. The summed E-state index contributed by atoms with van der Waals surface area (Å²) in [5, 5.41) is 3.44. The fourth-order valence-electron chi connectivity index (χ4n) is 3.66. The lowest BCUT2D eigenvalue weighted by Gasteiger charge is -2.12. The Morgan fingerprint density at radius 2 is 2.00 bits per heavy atom. The average molecular weight is 460 g/mol. The zero-order valence-electron chi connectivity index (χ0n) is 19.0. The second-order valence-corrected chi connectivity index (χ2v) is 8.91. The van der Waals surface area contributed by atoms with Crippen molar-refractivity contribution in [1.29, 1.82) is 0 Å². The number of rotatable bonds is 9. The number of aromatic nitrogens is 4. The first-order valence-corrected chi connectivity index (χ1v) is 11.4. The predicted molar refractivity (Wildman–Crippen MR) is 127 cm³/mol. The number of carbonyl (C=O) groups is 1. The molecule has 0 fully saturated rings. The SMILES string of the molecule is CCCCn1c(=O)[nH]c(=O)c2c1nc(CCC(=O)Nc1cc(Cl)ccc1C)n2CC(C)C. The molecule has 0 aliphatic carbocycles. The van der Waals surface area contributed by atoms with Crippen LogP contribution in [0.25, 0.3) is 11.2 Å². The molecular formula is C23H30ClN5O3. The Hall–Kier alpha value is -2.87. The zero-order chi connectivity index (χ0) is 23.4. The summed E-state index contributed by atoms with van der Waals surface area (Å²) in [7, 11) is 0. The van der Waals surface area contributed by atoms with Gasteiger partial charge in [-0.2, -0.15) is 0 Å². The lowest BCUT2D eigenvalue weighted by molar-refractivity contribution is -0.116. The number of unbranched alkanes of at least 4 members (excludes halogenated alkanes) is 1. The van der Waals surface area contributed by atoms with E-state index in [0.29, 0.717) is 47.2 Å². The van der Waals surface area contributed by atoms with Gasteiger partial charge < -0.3 is 9.88 Å². The van der Waals surface area contributed by atoms with Crippen LogP contribution in [0.1, 0.15) is 51.4 Å². The van der Waals surface area contributed by atoms with Gasteiger partial charge in [-0.25, -0.2) is 9.78 Å². The molecule has 2 heterocycles. The Kier molecular flexibility index (Phi) is 7.56. The summed E-state index contributed by atoms with van der Waals surface area (Å²) in [6.07, 6.45) is 2.24. The van der Waals surface area contributed by atoms with E-state index in [2.05, 4.69) is 15.3 Å². The number of hydrogen-bond donors (Lipinski definition) is 2. The van der Waals surface area contributed by atoms with Crippen molar-refractivity contribution in [3.8, 4) is 0 Å². The molecule has 172 valence electrons. The molecule has 0 radical (unpaired) electrons. The van der Waals surface area contributed by atoms with E-state index in [1.54, 1.807) is 12.1 Å². The van der Waals surface area contributed by atoms with Crippen LogP contribution in [0.15, 0.2) is 27.8 Å². The number of nitrogens with one attached hydrogen (secondary N) is 2. The number of fused-ring (bicyclic) bond motifs is 1. The fraction of sp³-hybridized carbons (Fsp3) is 0.478. The molecule has 0 atom stereocenters. The number of aryl methyl sites for hydroxylation is 3. The fourth-order valence-corrected chi connectivity index (χ4v) is 3.83. The minimum absolute atomic E-state index is 0.171. The van der Waals surface area contributed by atoms with Crippen molar-refractivity contribution in [2.75, 3.05) is 5.32 Å². The van der Waals surface area contributed by atoms with E-state index in [-0.39, 0.29) is 18.2 Å². The number of imidazole rings is 1. The van der Waals surface area contributed by atoms with Gasteiger partial charge in [-0.05, 0) is 37.0 Å². The zero-order valence-corrected chi connectivity index (χ0v) is 19.8. The highest BCUT2D eigenvalue weighted by atomic mass is 35.5. The molecule has 8 nitrogen and oxygen atoms in total. The predicted octanol–water partition coefficient (Wildman–Crippen LogP) is 3.88. The van der Waals surface area contributed by atoms with E-state index in [1.165, 1.54) is 4.57 Å². The third-order valence-corrected chi connectivity index (χ3v) is 5.53. The summed E-state index contributed by atoms with van der Waals surface area (Å²) in [5.74, 6) is 0.702. The van der Waals surface area contributed by atoms with Crippen LogP contribution < -0.4 is 16.6 Å². The van der Waals surface area contributed by atoms with Crippen molar-refractivity contribution < 1.29 is 4.79 Å². The van der Waals surface area contributed by atoms with Crippen LogP contribution in [-0.4, -0.2) is 25.0 Å². The van der Waals surface area contributed by atoms with Gasteiger partial charge in [0, 0.05) is 36.6 Å². The van der Waals surface area contributed by atoms with Crippen LogP contribution >= 0.6 is 11.6 Å². The highest BCUT2D eigenvalue weighted by molar-refractivity contribution is 6.31. The van der Waals surface area contributed by atoms with E-state index in [0.717, 1.165) is 18.4 Å². The van der Waals surface area contributed by atoms with E-state index in [1.807, 2.05) is 38.3 Å². The van der Waals surface area contributed by atoms with Crippen molar-refractivity contribution in [2.45, 2.75) is 66.5 Å². The smallest absolute Gasteiger partial charge is 0.326 e. The number of anilines is 1. The number of H-pyrrole nitrogens is 1. The quantitative estimate of drug-likeness (QED) is 0.507. The maximum absolute atomic E-state index is 12.7. The van der Waals surface area contributed by atoms with E-state index >= 15 is 0 Å². The topological polar surface area (TPSA) is 102 Å². The lowest BCUT2D eigenvalue weighted by atomic mass is 10.2. The molecular weight excluding hydrogens is 430 g/mol. The van der Waals surface area contributed by atoms with Gasteiger partial charge in [0.15, 0.2) is 11.2 Å². The number of halogens is 1. The maximum Gasteiger partial charge on any atom is 0.330 e. The molecule has 1 amide bonds. The van der Waals surface area contributed by atoms with Gasteiger partial charge in [0.1, 0.15) is 5.82 Å². The summed E-state index contributed by atoms with van der Waals surface area (Å²) >= 11 is 6.04. The van der Waals surface area contributed by atoms with Crippen LogP contribution in [0, 0.1) is 12.8 Å². The summed E-state index contributed by atoms with van der Waals surface area (Å²) < 4.78 is 3.37. The minimum atomic E-state index is -0.453. The molecule has 0 spiro atoms. The van der Waals surface area contributed by atoms with Gasteiger partial charge in [-0.15, -0.1) is 0 Å².